The molecule has 12 nitrogen and oxygen atoms in total. The number of hydrogen-bond acceptors (Lipinski definition) is 10. The minimum Gasteiger partial charge on any atom is -0.477 e. The lowest BCUT2D eigenvalue weighted by molar-refractivity contribution is -0.151. The van der Waals surface area contributed by atoms with Gasteiger partial charge in [-0.25, -0.2) is 4.79 Å². The molecule has 27 heavy (non-hydrogen) atoms. The Labute approximate surface area is 156 Å². The number of amides is 2. The van der Waals surface area contributed by atoms with Gasteiger partial charge in [0.1, 0.15) is 17.1 Å². The summed E-state index contributed by atoms with van der Waals surface area (Å²) in [7, 11) is 1.29. The molecule has 2 aliphatic heterocycles. The maximum atomic E-state index is 12.6. The number of anilines is 1. The summed E-state index contributed by atoms with van der Waals surface area (Å²) in [6, 6.07) is -2.32. The van der Waals surface area contributed by atoms with Crippen LogP contribution >= 0.6 is 11.8 Å². The number of hydroxylamine groups is 1. The Balaban J connectivity index is 1.76. The van der Waals surface area contributed by atoms with Gasteiger partial charge in [-0.15, -0.1) is 11.8 Å². The van der Waals surface area contributed by atoms with E-state index >= 15 is 0 Å². The Kier molecular flexibility index (Phi) is 5.16. The molecule has 3 heterocycles. The quantitative estimate of drug-likeness (QED) is 0.321. The van der Waals surface area contributed by atoms with Crippen molar-refractivity contribution in [2.75, 3.05) is 18.6 Å². The predicted octanol–water partition coefficient (Wildman–Crippen LogP) is -1.23. The van der Waals surface area contributed by atoms with E-state index in [1.165, 1.54) is 24.9 Å². The number of carbonyl (C=O) groups excluding carboxylic acids is 2. The molecule has 2 unspecified atom stereocenters. The van der Waals surface area contributed by atoms with Crippen molar-refractivity contribution in [2.45, 2.75) is 17.5 Å². The lowest BCUT2D eigenvalue weighted by atomic mass is 10.0. The monoisotopic (exact) mass is 396 g/mol. The van der Waals surface area contributed by atoms with Crippen molar-refractivity contribution in [1.82, 2.24) is 25.8 Å². The molecule has 13 heteroatoms. The molecule has 1 saturated heterocycles. The average Bonchev–Trinajstić information content (AvgIpc) is 3.08. The molecule has 0 spiro atoms. The van der Waals surface area contributed by atoms with E-state index in [2.05, 4.69) is 32.0 Å². The summed E-state index contributed by atoms with van der Waals surface area (Å²) in [5.74, 6) is -2.15. The van der Waals surface area contributed by atoms with E-state index in [0.29, 0.717) is 11.3 Å². The maximum Gasteiger partial charge on any atom is 0.352 e. The van der Waals surface area contributed by atoms with E-state index < -0.39 is 35.2 Å². The zero-order chi connectivity index (χ0) is 19.7. The third kappa shape index (κ3) is 3.27. The topological polar surface area (TPSA) is 173 Å². The van der Waals surface area contributed by atoms with Crippen LogP contribution in [-0.2, 0) is 19.2 Å². The Hall–Kier alpha value is -2.90. The highest BCUT2D eigenvalue weighted by Crippen LogP contribution is 2.40. The first-order chi connectivity index (χ1) is 12.9. The highest BCUT2D eigenvalue weighted by molar-refractivity contribution is 8.00. The first-order valence-electron chi connectivity index (χ1n) is 7.60. The normalized spacial score (nSPS) is 22.7. The smallest absolute Gasteiger partial charge is 0.352 e. The van der Waals surface area contributed by atoms with E-state index in [0.717, 1.165) is 4.90 Å². The number of rotatable bonds is 7. The summed E-state index contributed by atoms with van der Waals surface area (Å²) < 4.78 is 4.64. The van der Waals surface area contributed by atoms with Crippen molar-refractivity contribution in [1.29, 1.82) is 0 Å². The number of β-lactam (4-membered cyclic amide) rings is 1. The number of hydrogen-bond donors (Lipinski definition) is 4. The number of nitrogens with one attached hydrogen (secondary N) is 2. The van der Waals surface area contributed by atoms with Crippen LogP contribution in [0.3, 0.4) is 0 Å². The zero-order valence-electron chi connectivity index (χ0n) is 14.0. The van der Waals surface area contributed by atoms with E-state index in [9.17, 15) is 19.5 Å². The van der Waals surface area contributed by atoms with Crippen molar-refractivity contribution in [3.05, 3.63) is 29.7 Å². The Morgan fingerprint density at radius 2 is 2.33 bits per heavy atom. The summed E-state index contributed by atoms with van der Waals surface area (Å²) in [5.41, 5.74) is 8.08. The molecule has 2 aliphatic rings. The first kappa shape index (κ1) is 18.9. The largest absolute Gasteiger partial charge is 0.477 e. The van der Waals surface area contributed by atoms with Gasteiger partial charge in [0.25, 0.3) is 5.91 Å². The number of nitrogen functional groups attached to an aromatic ring is 1. The SMILES string of the molecule is C=CC1=C(C(=O)O)N2C(=O)C(NC(=O)C(NOC)c3noc(N)n3)[C@@H]2SC1. The summed E-state index contributed by atoms with van der Waals surface area (Å²) in [6.07, 6.45) is 1.41. The lowest BCUT2D eigenvalue weighted by Crippen LogP contribution is -2.71. The van der Waals surface area contributed by atoms with Crippen LogP contribution in [0.1, 0.15) is 11.9 Å². The number of carboxylic acids is 1. The van der Waals surface area contributed by atoms with Crippen LogP contribution in [0.4, 0.5) is 6.01 Å². The summed E-state index contributed by atoms with van der Waals surface area (Å²) >= 11 is 1.32. The molecule has 2 amide bonds. The summed E-state index contributed by atoms with van der Waals surface area (Å²) in [4.78, 5) is 46.2. The Bertz CT molecular complexity index is 838. The van der Waals surface area contributed by atoms with E-state index in [-0.39, 0.29) is 17.5 Å². The third-order valence-electron chi connectivity index (χ3n) is 3.96. The Morgan fingerprint density at radius 1 is 1.59 bits per heavy atom. The molecular formula is C14H16N6O6S. The number of carbonyl (C=O) groups is 3. The van der Waals surface area contributed by atoms with Gasteiger partial charge in [0.15, 0.2) is 6.04 Å². The zero-order valence-corrected chi connectivity index (χ0v) is 14.9. The molecule has 3 atom stereocenters. The van der Waals surface area contributed by atoms with Crippen LogP contribution < -0.4 is 16.5 Å². The van der Waals surface area contributed by atoms with Crippen LogP contribution in [-0.4, -0.2) is 62.2 Å². The number of thioether (sulfide) groups is 1. The average molecular weight is 396 g/mol. The standard InChI is InChI=1S/C14H16N6O6S/c1-3-5-4-27-12-7(11(22)20(12)8(5)13(23)24)16-10(21)6(18-25-2)9-17-14(15)26-19-9/h3,6-7,12,18H,1,4H2,2H3,(H,16,21)(H,23,24)(H2,15,17,19)/t6?,7?,12-/m0/s1. The molecule has 1 fully saturated rings. The van der Waals surface area contributed by atoms with E-state index in [1.807, 2.05) is 0 Å². The van der Waals surface area contributed by atoms with Gasteiger partial charge in [0.2, 0.25) is 11.7 Å². The molecule has 1 aromatic rings. The summed E-state index contributed by atoms with van der Waals surface area (Å²) in [6.45, 7) is 3.57. The van der Waals surface area contributed by atoms with Crippen LogP contribution in [0.25, 0.3) is 0 Å². The fourth-order valence-corrected chi connectivity index (χ4v) is 4.08. The fourth-order valence-electron chi connectivity index (χ4n) is 2.74. The van der Waals surface area contributed by atoms with Crippen LogP contribution in [0.5, 0.6) is 0 Å². The second kappa shape index (κ2) is 7.38. The van der Waals surface area contributed by atoms with Crippen molar-refractivity contribution in [2.24, 2.45) is 0 Å². The minimum atomic E-state index is -1.23. The molecule has 0 bridgehead atoms. The number of allylic oxidation sites excluding steroid dienone is 1. The van der Waals surface area contributed by atoms with Crippen LogP contribution in [0.15, 0.2) is 28.4 Å². The van der Waals surface area contributed by atoms with Crippen LogP contribution in [0, 0.1) is 0 Å². The minimum absolute atomic E-state index is 0.0770. The lowest BCUT2D eigenvalue weighted by Gasteiger charge is -2.49. The van der Waals surface area contributed by atoms with Crippen molar-refractivity contribution in [3.8, 4) is 0 Å². The van der Waals surface area contributed by atoms with Crippen molar-refractivity contribution < 1.29 is 28.9 Å². The maximum absolute atomic E-state index is 12.6. The predicted molar refractivity (Wildman–Crippen MR) is 91.5 cm³/mol. The van der Waals surface area contributed by atoms with Gasteiger partial charge in [-0.1, -0.05) is 17.8 Å². The van der Waals surface area contributed by atoms with Gasteiger partial charge < -0.3 is 25.5 Å². The number of nitrogens with zero attached hydrogens (tertiary/aromatic N) is 3. The number of aliphatic carboxylic acids is 1. The third-order valence-corrected chi connectivity index (χ3v) is 5.26. The van der Waals surface area contributed by atoms with Gasteiger partial charge in [0, 0.05) is 5.75 Å². The highest BCUT2D eigenvalue weighted by Gasteiger charge is 2.54. The molecule has 3 rings (SSSR count). The van der Waals surface area contributed by atoms with Gasteiger partial charge in [-0.3, -0.25) is 14.5 Å². The molecule has 0 aliphatic carbocycles. The number of fused-ring (bicyclic) bond motifs is 1. The molecular weight excluding hydrogens is 380 g/mol. The second-order valence-electron chi connectivity index (χ2n) is 5.52. The summed E-state index contributed by atoms with van der Waals surface area (Å²) in [5, 5.41) is 15.0. The van der Waals surface area contributed by atoms with Gasteiger partial charge in [-0.2, -0.15) is 10.5 Å². The van der Waals surface area contributed by atoms with E-state index in [4.69, 9.17) is 10.6 Å². The van der Waals surface area contributed by atoms with Crippen molar-refractivity contribution in [3.63, 3.8) is 0 Å². The molecule has 5 N–H and O–H groups in total. The van der Waals surface area contributed by atoms with Crippen LogP contribution in [0.2, 0.25) is 0 Å². The molecule has 0 radical (unpaired) electrons. The van der Waals surface area contributed by atoms with Crippen molar-refractivity contribution >= 4 is 35.6 Å². The van der Waals surface area contributed by atoms with Gasteiger partial charge in [0.05, 0.1) is 7.11 Å². The number of carboxylic acid groups (broad SMARTS) is 1. The molecule has 1 aromatic heterocycles. The fraction of sp³-hybridized carbons (Fsp3) is 0.357. The van der Waals surface area contributed by atoms with Gasteiger partial charge in [-0.05, 0) is 5.57 Å². The number of nitrogens with two attached hydrogens (primary N) is 1. The second-order valence-corrected chi connectivity index (χ2v) is 6.63. The first-order valence-corrected chi connectivity index (χ1v) is 8.65. The molecule has 144 valence electrons. The number of aromatic nitrogens is 2. The molecule has 0 aromatic carbocycles. The van der Waals surface area contributed by atoms with Gasteiger partial charge >= 0.3 is 12.0 Å². The van der Waals surface area contributed by atoms with E-state index in [1.54, 1.807) is 0 Å². The highest BCUT2D eigenvalue weighted by atomic mass is 32.2. The molecule has 0 saturated carbocycles. The Morgan fingerprint density at radius 3 is 2.89 bits per heavy atom.